The Morgan fingerprint density at radius 2 is 2.22 bits per heavy atom. The Hall–Kier alpha value is 0.206. The quantitative estimate of drug-likeness (QED) is 0.497. The molecule has 45 valence electrons. The number of benzene rings is 1. The Balaban J connectivity index is 0.000000640. The summed E-state index contributed by atoms with van der Waals surface area (Å²) in [6.45, 7) is 0. The number of halogens is 2. The van der Waals surface area contributed by atoms with Gasteiger partial charge in [-0.2, -0.15) is 0 Å². The average molecular weight is 156 g/mol. The van der Waals surface area contributed by atoms with E-state index in [0.29, 0.717) is 0 Å². The lowest BCUT2D eigenvalue weighted by Gasteiger charge is -1.86. The second kappa shape index (κ2) is 4.09. The highest BCUT2D eigenvalue weighted by Crippen LogP contribution is 2.10. The van der Waals surface area contributed by atoms with Crippen molar-refractivity contribution in [1.29, 1.82) is 0 Å². The van der Waals surface area contributed by atoms with E-state index in [2.05, 4.69) is 6.07 Å². The van der Waals surface area contributed by atoms with E-state index in [1.807, 2.05) is 0 Å². The zero-order valence-corrected chi connectivity index (χ0v) is 4.74. The van der Waals surface area contributed by atoms with Gasteiger partial charge in [0.05, 0.1) is 5.02 Å². The van der Waals surface area contributed by atoms with Crippen LogP contribution >= 0.6 is 11.6 Å². The summed E-state index contributed by atoms with van der Waals surface area (Å²) < 4.78 is 12.2. The van der Waals surface area contributed by atoms with E-state index in [-0.39, 0.29) is 28.1 Å². The van der Waals surface area contributed by atoms with Crippen LogP contribution in [0.2, 0.25) is 5.02 Å². The minimum atomic E-state index is -0.398. The maximum absolute atomic E-state index is 12.2. The molecular formula is C6H5ClFMg. The van der Waals surface area contributed by atoms with Crippen molar-refractivity contribution in [1.82, 2.24) is 0 Å². The van der Waals surface area contributed by atoms with Crippen LogP contribution in [0.1, 0.15) is 0 Å². The topological polar surface area (TPSA) is 0 Å². The molecule has 0 spiro atoms. The monoisotopic (exact) mass is 155 g/mol. The van der Waals surface area contributed by atoms with Crippen molar-refractivity contribution in [2.75, 3.05) is 0 Å². The molecule has 0 heterocycles. The van der Waals surface area contributed by atoms with Gasteiger partial charge in [-0.05, 0) is 18.2 Å². The number of hydrogen-bond donors (Lipinski definition) is 0. The maximum Gasteiger partial charge on any atom is 0.316 e. The molecule has 1 aromatic carbocycles. The van der Waals surface area contributed by atoms with E-state index in [1.54, 1.807) is 0 Å². The molecule has 3 heteroatoms. The molecule has 0 aliphatic rings. The van der Waals surface area contributed by atoms with Crippen molar-refractivity contribution >= 4 is 34.7 Å². The summed E-state index contributed by atoms with van der Waals surface area (Å²) in [5, 5.41) is 0.118. The fraction of sp³-hybridized carbons (Fsp3) is 0. The van der Waals surface area contributed by atoms with E-state index < -0.39 is 5.82 Å². The third-order valence-corrected chi connectivity index (χ3v) is 1.05. The molecule has 0 amide bonds. The predicted octanol–water partition coefficient (Wildman–Crippen LogP) is 1.36. The summed E-state index contributed by atoms with van der Waals surface area (Å²) in [6.07, 6.45) is 0. The van der Waals surface area contributed by atoms with Crippen molar-refractivity contribution in [3.05, 3.63) is 35.1 Å². The molecule has 0 bridgehead atoms. The molecular weight excluding hydrogens is 151 g/mol. The van der Waals surface area contributed by atoms with E-state index in [4.69, 9.17) is 11.6 Å². The highest BCUT2D eigenvalue weighted by molar-refractivity contribution is 6.30. The molecule has 0 saturated heterocycles. The lowest BCUT2D eigenvalue weighted by atomic mass is 10.4. The van der Waals surface area contributed by atoms with Crippen LogP contribution in [0, 0.1) is 11.9 Å². The van der Waals surface area contributed by atoms with Gasteiger partial charge in [0, 0.05) is 0 Å². The zero-order chi connectivity index (χ0) is 5.98. The minimum Gasteiger partial charge on any atom is -0.205 e. The molecule has 0 unspecified atom stereocenters. The third-order valence-electron chi connectivity index (χ3n) is 0.764. The van der Waals surface area contributed by atoms with Crippen molar-refractivity contribution in [2.45, 2.75) is 0 Å². The van der Waals surface area contributed by atoms with E-state index in [1.165, 1.54) is 18.2 Å². The first-order valence-electron chi connectivity index (χ1n) is 2.12. The SMILES string of the molecule is Fc1cc[c]cc1Cl.[MgH2]. The van der Waals surface area contributed by atoms with Gasteiger partial charge in [-0.25, -0.2) is 4.39 Å². The second-order valence-electron chi connectivity index (χ2n) is 1.34. The van der Waals surface area contributed by atoms with E-state index in [0.717, 1.165) is 0 Å². The van der Waals surface area contributed by atoms with Crippen LogP contribution in [-0.2, 0) is 0 Å². The number of rotatable bonds is 0. The first kappa shape index (κ1) is 9.21. The second-order valence-corrected chi connectivity index (χ2v) is 1.75. The van der Waals surface area contributed by atoms with Gasteiger partial charge in [0.2, 0.25) is 0 Å². The zero-order valence-electron chi connectivity index (χ0n) is 3.99. The smallest absolute Gasteiger partial charge is 0.205 e. The Morgan fingerprint density at radius 1 is 1.56 bits per heavy atom. The van der Waals surface area contributed by atoms with E-state index >= 15 is 0 Å². The fourth-order valence-electron chi connectivity index (χ4n) is 0.391. The van der Waals surface area contributed by atoms with Crippen molar-refractivity contribution in [2.24, 2.45) is 0 Å². The third kappa shape index (κ3) is 2.52. The van der Waals surface area contributed by atoms with Crippen LogP contribution in [0.5, 0.6) is 0 Å². The van der Waals surface area contributed by atoms with Crippen molar-refractivity contribution in [3.63, 3.8) is 0 Å². The Bertz CT molecular complexity index is 169. The number of hydrogen-bond acceptors (Lipinski definition) is 0. The molecule has 0 nitrogen and oxygen atoms in total. The largest absolute Gasteiger partial charge is 0.316 e. The molecule has 0 atom stereocenters. The molecule has 0 aromatic heterocycles. The van der Waals surface area contributed by atoms with Gasteiger partial charge in [-0.3, -0.25) is 0 Å². The van der Waals surface area contributed by atoms with Crippen LogP contribution in [0.4, 0.5) is 4.39 Å². The minimum absolute atomic E-state index is 0. The van der Waals surface area contributed by atoms with Gasteiger partial charge in [-0.1, -0.05) is 17.7 Å². The summed E-state index contributed by atoms with van der Waals surface area (Å²) in [6, 6.07) is 6.75. The van der Waals surface area contributed by atoms with Crippen LogP contribution in [0.3, 0.4) is 0 Å². The molecule has 0 saturated carbocycles. The van der Waals surface area contributed by atoms with Crippen LogP contribution < -0.4 is 0 Å². The Labute approximate surface area is 74.2 Å². The fourth-order valence-corrected chi connectivity index (χ4v) is 0.517. The van der Waals surface area contributed by atoms with Gasteiger partial charge in [0.1, 0.15) is 5.82 Å². The van der Waals surface area contributed by atoms with Gasteiger partial charge in [0.25, 0.3) is 0 Å². The van der Waals surface area contributed by atoms with E-state index in [9.17, 15) is 4.39 Å². The molecule has 1 aromatic rings. The summed E-state index contributed by atoms with van der Waals surface area (Å²) in [5.74, 6) is -0.398. The highest BCUT2D eigenvalue weighted by Gasteiger charge is 1.91. The van der Waals surface area contributed by atoms with Gasteiger partial charge in [0.15, 0.2) is 0 Å². The molecule has 1 rings (SSSR count). The Morgan fingerprint density at radius 3 is 2.56 bits per heavy atom. The summed E-state index contributed by atoms with van der Waals surface area (Å²) in [7, 11) is 0. The van der Waals surface area contributed by atoms with Crippen molar-refractivity contribution < 1.29 is 4.39 Å². The standard InChI is InChI=1S/C6H3ClF.Mg.2H/c7-5-3-1-2-4-6(5)8;;;/h2-4H;;;. The molecule has 0 N–H and O–H groups in total. The van der Waals surface area contributed by atoms with Crippen LogP contribution in [-0.4, -0.2) is 23.1 Å². The van der Waals surface area contributed by atoms with Crippen molar-refractivity contribution in [3.8, 4) is 0 Å². The summed E-state index contributed by atoms with van der Waals surface area (Å²) in [4.78, 5) is 0. The van der Waals surface area contributed by atoms with Gasteiger partial charge >= 0.3 is 23.1 Å². The lowest BCUT2D eigenvalue weighted by Crippen LogP contribution is -1.70. The molecule has 1 radical (unpaired) electrons. The van der Waals surface area contributed by atoms with Gasteiger partial charge in [-0.15, -0.1) is 0 Å². The van der Waals surface area contributed by atoms with Crippen LogP contribution in [0.15, 0.2) is 18.2 Å². The lowest BCUT2D eigenvalue weighted by molar-refractivity contribution is 0.628. The maximum atomic E-state index is 12.2. The molecule has 0 aliphatic carbocycles. The predicted molar refractivity (Wildman–Crippen MR) is 38.8 cm³/mol. The normalized spacial score (nSPS) is 8.22. The van der Waals surface area contributed by atoms with Gasteiger partial charge < -0.3 is 0 Å². The summed E-state index contributed by atoms with van der Waals surface area (Å²) >= 11 is 5.30. The molecule has 9 heavy (non-hydrogen) atoms. The van der Waals surface area contributed by atoms with Crippen LogP contribution in [0.25, 0.3) is 0 Å². The highest BCUT2D eigenvalue weighted by atomic mass is 35.5. The first-order valence-corrected chi connectivity index (χ1v) is 2.49. The molecule has 0 fully saturated rings. The first-order chi connectivity index (χ1) is 3.80. The Kier molecular flexibility index (Phi) is 4.18. The average Bonchev–Trinajstić information content (AvgIpc) is 1.77. The molecule has 0 aliphatic heterocycles. The summed E-state index contributed by atoms with van der Waals surface area (Å²) in [5.41, 5.74) is 0.